The predicted octanol–water partition coefficient (Wildman–Crippen LogP) is 3.50. The fourth-order valence-corrected chi connectivity index (χ4v) is 2.21. The molecule has 2 aromatic rings. The molecule has 0 amide bonds. The number of carbonyl (C=O) groups is 1. The molecule has 2 aromatic carbocycles. The fraction of sp³-hybridized carbons (Fsp3) is 0.158. The van der Waals surface area contributed by atoms with Crippen molar-refractivity contribution in [1.82, 2.24) is 0 Å². The summed E-state index contributed by atoms with van der Waals surface area (Å²) in [6.07, 6.45) is 1.48. The highest BCUT2D eigenvalue weighted by molar-refractivity contribution is 6.14. The van der Waals surface area contributed by atoms with Crippen LogP contribution in [0.1, 0.15) is 15.9 Å². The van der Waals surface area contributed by atoms with Gasteiger partial charge in [-0.2, -0.15) is 5.26 Å². The van der Waals surface area contributed by atoms with Gasteiger partial charge < -0.3 is 14.2 Å². The lowest BCUT2D eigenvalue weighted by Crippen LogP contribution is -2.02. The Kier molecular flexibility index (Phi) is 5.58. The predicted molar refractivity (Wildman–Crippen MR) is 90.5 cm³/mol. The number of Topliss-reactive ketones (excluding diaryl/α,β-unsaturated/α-hetero) is 1. The van der Waals surface area contributed by atoms with E-state index in [-0.39, 0.29) is 11.4 Å². The Hall–Kier alpha value is -3.26. The van der Waals surface area contributed by atoms with Gasteiger partial charge in [0.15, 0.2) is 11.5 Å². The third kappa shape index (κ3) is 3.55. The SMILES string of the molecule is COc1cc(OC)c(OC)cc1/C=C(/C#N)C(=O)c1ccccc1. The van der Waals surface area contributed by atoms with E-state index in [1.807, 2.05) is 12.1 Å². The highest BCUT2D eigenvalue weighted by Gasteiger charge is 2.15. The van der Waals surface area contributed by atoms with Crippen molar-refractivity contribution in [2.24, 2.45) is 0 Å². The van der Waals surface area contributed by atoms with E-state index in [1.54, 1.807) is 36.4 Å². The van der Waals surface area contributed by atoms with Crippen LogP contribution in [0, 0.1) is 11.3 Å². The standard InChI is InChI=1S/C19H17NO4/c1-22-16-11-18(24-3)17(23-2)10-14(16)9-15(12-20)19(21)13-7-5-4-6-8-13/h4-11H,1-3H3/b15-9-. The molecule has 0 bridgehead atoms. The van der Waals surface area contributed by atoms with Gasteiger partial charge in [-0.25, -0.2) is 0 Å². The molecule has 0 aromatic heterocycles. The average Bonchev–Trinajstić information content (AvgIpc) is 2.65. The molecule has 0 aliphatic heterocycles. The minimum Gasteiger partial charge on any atom is -0.496 e. The van der Waals surface area contributed by atoms with Gasteiger partial charge in [-0.15, -0.1) is 0 Å². The van der Waals surface area contributed by atoms with E-state index in [2.05, 4.69) is 0 Å². The molecular weight excluding hydrogens is 306 g/mol. The monoisotopic (exact) mass is 323 g/mol. The Morgan fingerprint density at radius 1 is 0.958 bits per heavy atom. The van der Waals surface area contributed by atoms with E-state index in [1.165, 1.54) is 27.4 Å². The molecule has 0 radical (unpaired) electrons. The van der Waals surface area contributed by atoms with Crippen molar-refractivity contribution in [3.63, 3.8) is 0 Å². The van der Waals surface area contributed by atoms with Crippen LogP contribution >= 0.6 is 0 Å². The maximum absolute atomic E-state index is 12.5. The number of benzene rings is 2. The minimum atomic E-state index is -0.352. The zero-order valence-corrected chi connectivity index (χ0v) is 13.7. The van der Waals surface area contributed by atoms with Crippen molar-refractivity contribution in [3.05, 3.63) is 59.2 Å². The van der Waals surface area contributed by atoms with Crippen molar-refractivity contribution in [1.29, 1.82) is 5.26 Å². The van der Waals surface area contributed by atoms with E-state index < -0.39 is 0 Å². The van der Waals surface area contributed by atoms with Gasteiger partial charge >= 0.3 is 0 Å². The Balaban J connectivity index is 2.51. The van der Waals surface area contributed by atoms with E-state index in [0.717, 1.165) is 0 Å². The number of hydrogen-bond acceptors (Lipinski definition) is 5. The number of ketones is 1. The molecule has 0 saturated heterocycles. The van der Waals surface area contributed by atoms with Crippen LogP contribution in [0.4, 0.5) is 0 Å². The molecule has 5 nitrogen and oxygen atoms in total. The van der Waals surface area contributed by atoms with Crippen LogP contribution in [-0.4, -0.2) is 27.1 Å². The molecule has 0 spiro atoms. The molecular formula is C19H17NO4. The number of methoxy groups -OCH3 is 3. The normalized spacial score (nSPS) is 10.7. The van der Waals surface area contributed by atoms with Crippen molar-refractivity contribution in [2.75, 3.05) is 21.3 Å². The summed E-state index contributed by atoms with van der Waals surface area (Å²) in [6, 6.07) is 13.9. The first-order valence-corrected chi connectivity index (χ1v) is 7.16. The van der Waals surface area contributed by atoms with Gasteiger partial charge in [-0.1, -0.05) is 30.3 Å². The van der Waals surface area contributed by atoms with Crippen molar-refractivity contribution >= 4 is 11.9 Å². The minimum absolute atomic E-state index is 0.00622. The van der Waals surface area contributed by atoms with Crippen LogP contribution in [-0.2, 0) is 0 Å². The first-order chi connectivity index (χ1) is 11.6. The summed E-state index contributed by atoms with van der Waals surface area (Å²) in [5.41, 5.74) is 1.01. The molecule has 24 heavy (non-hydrogen) atoms. The summed E-state index contributed by atoms with van der Waals surface area (Å²) in [5, 5.41) is 9.37. The van der Waals surface area contributed by atoms with Gasteiger partial charge in [-0.3, -0.25) is 4.79 Å². The van der Waals surface area contributed by atoms with Crippen LogP contribution in [0.3, 0.4) is 0 Å². The van der Waals surface area contributed by atoms with Gasteiger partial charge in [0.05, 0.1) is 21.3 Å². The number of ether oxygens (including phenoxy) is 3. The summed E-state index contributed by atoms with van der Waals surface area (Å²) in [6.45, 7) is 0. The second kappa shape index (κ2) is 7.84. The van der Waals surface area contributed by atoms with Crippen LogP contribution in [0.15, 0.2) is 48.0 Å². The smallest absolute Gasteiger partial charge is 0.203 e. The Morgan fingerprint density at radius 3 is 2.08 bits per heavy atom. The molecule has 2 rings (SSSR count). The molecule has 0 unspecified atom stereocenters. The molecule has 0 fully saturated rings. The second-order valence-corrected chi connectivity index (χ2v) is 4.81. The van der Waals surface area contributed by atoms with Crippen LogP contribution < -0.4 is 14.2 Å². The van der Waals surface area contributed by atoms with Gasteiger partial charge in [0, 0.05) is 17.2 Å². The van der Waals surface area contributed by atoms with Crippen LogP contribution in [0.2, 0.25) is 0 Å². The number of nitrogens with zero attached hydrogens (tertiary/aromatic N) is 1. The van der Waals surface area contributed by atoms with Crippen molar-refractivity contribution in [3.8, 4) is 23.3 Å². The molecule has 0 aliphatic carbocycles. The fourth-order valence-electron chi connectivity index (χ4n) is 2.21. The van der Waals surface area contributed by atoms with E-state index in [4.69, 9.17) is 14.2 Å². The first kappa shape index (κ1) is 17.1. The zero-order chi connectivity index (χ0) is 17.5. The zero-order valence-electron chi connectivity index (χ0n) is 13.7. The number of hydrogen-bond donors (Lipinski definition) is 0. The molecule has 0 aliphatic rings. The van der Waals surface area contributed by atoms with E-state index >= 15 is 0 Å². The molecule has 0 heterocycles. The lowest BCUT2D eigenvalue weighted by atomic mass is 10.0. The number of nitriles is 1. The average molecular weight is 323 g/mol. The highest BCUT2D eigenvalue weighted by Crippen LogP contribution is 2.35. The highest BCUT2D eigenvalue weighted by atomic mass is 16.5. The lowest BCUT2D eigenvalue weighted by molar-refractivity contribution is 0.104. The van der Waals surface area contributed by atoms with E-state index in [9.17, 15) is 10.1 Å². The van der Waals surface area contributed by atoms with Gasteiger partial charge in [0.2, 0.25) is 5.78 Å². The number of allylic oxidation sites excluding steroid dienone is 1. The van der Waals surface area contributed by atoms with Crippen molar-refractivity contribution in [2.45, 2.75) is 0 Å². The molecule has 0 atom stereocenters. The van der Waals surface area contributed by atoms with Gasteiger partial charge in [-0.05, 0) is 12.1 Å². The van der Waals surface area contributed by atoms with Crippen molar-refractivity contribution < 1.29 is 19.0 Å². The summed E-state index contributed by atoms with van der Waals surface area (Å²) in [7, 11) is 4.54. The molecule has 0 saturated carbocycles. The Morgan fingerprint density at radius 2 is 1.54 bits per heavy atom. The lowest BCUT2D eigenvalue weighted by Gasteiger charge is -2.12. The first-order valence-electron chi connectivity index (χ1n) is 7.16. The Labute approximate surface area is 140 Å². The van der Waals surface area contributed by atoms with E-state index in [0.29, 0.717) is 28.4 Å². The second-order valence-electron chi connectivity index (χ2n) is 4.81. The topological polar surface area (TPSA) is 68.6 Å². The molecule has 5 heteroatoms. The maximum Gasteiger partial charge on any atom is 0.203 e. The van der Waals surface area contributed by atoms with Crippen LogP contribution in [0.25, 0.3) is 6.08 Å². The van der Waals surface area contributed by atoms with Gasteiger partial charge in [0.1, 0.15) is 17.4 Å². The summed E-state index contributed by atoms with van der Waals surface area (Å²) in [5.74, 6) is 1.10. The third-order valence-electron chi connectivity index (χ3n) is 3.44. The number of rotatable bonds is 6. The summed E-state index contributed by atoms with van der Waals surface area (Å²) < 4.78 is 15.8. The quantitative estimate of drug-likeness (QED) is 0.462. The summed E-state index contributed by atoms with van der Waals surface area (Å²) in [4.78, 5) is 12.5. The molecule has 0 N–H and O–H groups in total. The number of carbonyl (C=O) groups excluding carboxylic acids is 1. The van der Waals surface area contributed by atoms with Gasteiger partial charge in [0.25, 0.3) is 0 Å². The summed E-state index contributed by atoms with van der Waals surface area (Å²) >= 11 is 0. The van der Waals surface area contributed by atoms with Crippen LogP contribution in [0.5, 0.6) is 17.2 Å². The third-order valence-corrected chi connectivity index (χ3v) is 3.44. The maximum atomic E-state index is 12.5. The molecule has 122 valence electrons. The Bertz CT molecular complexity index is 804. The largest absolute Gasteiger partial charge is 0.496 e.